The maximum atomic E-state index is 12.7. The summed E-state index contributed by atoms with van der Waals surface area (Å²) in [6.07, 6.45) is 0. The van der Waals surface area contributed by atoms with Crippen LogP contribution in [0.5, 0.6) is 5.75 Å². The zero-order valence-corrected chi connectivity index (χ0v) is 18.3. The maximum Gasteiger partial charge on any atom is 0.255 e. The molecule has 158 valence electrons. The van der Waals surface area contributed by atoms with Crippen molar-refractivity contribution in [3.8, 4) is 5.75 Å². The number of benzene rings is 3. The normalized spacial score (nSPS) is 15.7. The standard InChI is InChI=1S/C25H24N2O3S/c1-3-30-21-13-11-20(12-14-21)27-23(28)16-31-25(27)18-8-6-9-19(15-18)26-24(29)22-10-5-4-7-17(22)2/h4-15,25H,3,16H2,1-2H3,(H,26,29)/t25-/m1/s1. The summed E-state index contributed by atoms with van der Waals surface area (Å²) < 4.78 is 5.51. The smallest absolute Gasteiger partial charge is 0.255 e. The molecule has 0 unspecified atom stereocenters. The molecule has 31 heavy (non-hydrogen) atoms. The molecule has 5 nitrogen and oxygen atoms in total. The van der Waals surface area contributed by atoms with Gasteiger partial charge in [-0.3, -0.25) is 14.5 Å². The lowest BCUT2D eigenvalue weighted by Crippen LogP contribution is -2.27. The monoisotopic (exact) mass is 432 g/mol. The average Bonchev–Trinajstić information content (AvgIpc) is 3.16. The van der Waals surface area contributed by atoms with Gasteiger partial charge in [-0.15, -0.1) is 11.8 Å². The number of amides is 2. The third-order valence-electron chi connectivity index (χ3n) is 5.11. The van der Waals surface area contributed by atoms with Crippen LogP contribution >= 0.6 is 11.8 Å². The molecule has 1 heterocycles. The molecule has 0 radical (unpaired) electrons. The van der Waals surface area contributed by atoms with Crippen molar-refractivity contribution in [2.45, 2.75) is 19.2 Å². The van der Waals surface area contributed by atoms with Crippen LogP contribution < -0.4 is 15.0 Å². The van der Waals surface area contributed by atoms with E-state index in [4.69, 9.17) is 4.74 Å². The Balaban J connectivity index is 1.56. The van der Waals surface area contributed by atoms with E-state index in [0.717, 1.165) is 22.6 Å². The Hall–Kier alpha value is -3.25. The highest BCUT2D eigenvalue weighted by atomic mass is 32.2. The van der Waals surface area contributed by atoms with Crippen molar-refractivity contribution in [2.24, 2.45) is 0 Å². The molecular formula is C25H24N2O3S. The van der Waals surface area contributed by atoms with Crippen LogP contribution in [-0.2, 0) is 4.79 Å². The molecule has 1 saturated heterocycles. The van der Waals surface area contributed by atoms with E-state index in [1.54, 1.807) is 11.8 Å². The van der Waals surface area contributed by atoms with Crippen LogP contribution in [-0.4, -0.2) is 24.2 Å². The molecule has 3 aromatic carbocycles. The van der Waals surface area contributed by atoms with Gasteiger partial charge < -0.3 is 10.1 Å². The van der Waals surface area contributed by atoms with Crippen molar-refractivity contribution in [1.29, 1.82) is 0 Å². The number of nitrogens with zero attached hydrogens (tertiary/aromatic N) is 1. The first-order valence-electron chi connectivity index (χ1n) is 10.2. The van der Waals surface area contributed by atoms with Gasteiger partial charge in [0.05, 0.1) is 12.4 Å². The minimum Gasteiger partial charge on any atom is -0.494 e. The van der Waals surface area contributed by atoms with Crippen LogP contribution in [0.2, 0.25) is 0 Å². The van der Waals surface area contributed by atoms with Gasteiger partial charge in [0.1, 0.15) is 11.1 Å². The van der Waals surface area contributed by atoms with E-state index in [2.05, 4.69) is 5.32 Å². The number of carbonyl (C=O) groups excluding carboxylic acids is 2. The van der Waals surface area contributed by atoms with E-state index in [0.29, 0.717) is 23.6 Å². The Kier molecular flexibility index (Phi) is 6.28. The topological polar surface area (TPSA) is 58.6 Å². The third kappa shape index (κ3) is 4.59. The number of ether oxygens (including phenoxy) is 1. The molecule has 0 bridgehead atoms. The third-order valence-corrected chi connectivity index (χ3v) is 6.33. The molecule has 1 N–H and O–H groups in total. The molecule has 0 spiro atoms. The second-order valence-electron chi connectivity index (χ2n) is 7.25. The second kappa shape index (κ2) is 9.27. The zero-order chi connectivity index (χ0) is 21.8. The Morgan fingerprint density at radius 3 is 2.61 bits per heavy atom. The van der Waals surface area contributed by atoms with Gasteiger partial charge in [0.15, 0.2) is 0 Å². The van der Waals surface area contributed by atoms with Crippen LogP contribution in [0, 0.1) is 6.92 Å². The lowest BCUT2D eigenvalue weighted by atomic mass is 10.1. The van der Waals surface area contributed by atoms with E-state index in [-0.39, 0.29) is 17.2 Å². The summed E-state index contributed by atoms with van der Waals surface area (Å²) in [6.45, 7) is 4.46. The van der Waals surface area contributed by atoms with Crippen LogP contribution in [0.15, 0.2) is 72.8 Å². The molecule has 1 atom stereocenters. The Labute approximate surface area is 186 Å². The largest absolute Gasteiger partial charge is 0.494 e. The van der Waals surface area contributed by atoms with Gasteiger partial charge in [0.2, 0.25) is 5.91 Å². The Morgan fingerprint density at radius 1 is 1.10 bits per heavy atom. The summed E-state index contributed by atoms with van der Waals surface area (Å²) in [5.41, 5.74) is 4.08. The fourth-order valence-electron chi connectivity index (χ4n) is 3.62. The fraction of sp³-hybridized carbons (Fsp3) is 0.200. The highest BCUT2D eigenvalue weighted by Gasteiger charge is 2.34. The highest BCUT2D eigenvalue weighted by molar-refractivity contribution is 8.00. The first-order valence-corrected chi connectivity index (χ1v) is 11.2. The maximum absolute atomic E-state index is 12.7. The number of carbonyl (C=O) groups is 2. The molecule has 1 aliphatic heterocycles. The molecule has 0 saturated carbocycles. The van der Waals surface area contributed by atoms with Gasteiger partial charge in [-0.25, -0.2) is 0 Å². The lowest BCUT2D eigenvalue weighted by Gasteiger charge is -2.25. The first-order chi connectivity index (χ1) is 15.1. The summed E-state index contributed by atoms with van der Waals surface area (Å²) in [5.74, 6) is 1.11. The van der Waals surface area contributed by atoms with Crippen molar-refractivity contribution in [3.05, 3.63) is 89.5 Å². The zero-order valence-electron chi connectivity index (χ0n) is 17.5. The van der Waals surface area contributed by atoms with Gasteiger partial charge >= 0.3 is 0 Å². The fourth-order valence-corrected chi connectivity index (χ4v) is 4.78. The molecule has 1 aliphatic rings. The van der Waals surface area contributed by atoms with E-state index < -0.39 is 0 Å². The van der Waals surface area contributed by atoms with Gasteiger partial charge in [0.25, 0.3) is 5.91 Å². The number of aryl methyl sites for hydroxylation is 1. The average molecular weight is 433 g/mol. The molecule has 2 amide bonds. The summed E-state index contributed by atoms with van der Waals surface area (Å²) in [5, 5.41) is 2.83. The van der Waals surface area contributed by atoms with Crippen LogP contribution in [0.3, 0.4) is 0 Å². The van der Waals surface area contributed by atoms with Crippen molar-refractivity contribution in [2.75, 3.05) is 22.6 Å². The van der Waals surface area contributed by atoms with Gasteiger partial charge in [0, 0.05) is 16.9 Å². The first kappa shape index (κ1) is 21.0. The summed E-state index contributed by atoms with van der Waals surface area (Å²) in [7, 11) is 0. The molecule has 3 aromatic rings. The summed E-state index contributed by atoms with van der Waals surface area (Å²) in [6, 6.07) is 22.8. The number of anilines is 2. The lowest BCUT2D eigenvalue weighted by molar-refractivity contribution is -0.115. The Bertz CT molecular complexity index is 1100. The second-order valence-corrected chi connectivity index (χ2v) is 8.32. The minimum absolute atomic E-state index is 0.0634. The van der Waals surface area contributed by atoms with Gasteiger partial charge in [-0.05, 0) is 67.4 Å². The SMILES string of the molecule is CCOc1ccc(N2C(=O)CS[C@@H]2c2cccc(NC(=O)c3ccccc3C)c2)cc1. The van der Waals surface area contributed by atoms with Crippen molar-refractivity contribution in [1.82, 2.24) is 0 Å². The van der Waals surface area contributed by atoms with Crippen molar-refractivity contribution < 1.29 is 14.3 Å². The number of hydrogen-bond acceptors (Lipinski definition) is 4. The summed E-state index contributed by atoms with van der Waals surface area (Å²) >= 11 is 1.58. The van der Waals surface area contributed by atoms with Gasteiger partial charge in [-0.1, -0.05) is 30.3 Å². The molecule has 6 heteroatoms. The number of rotatable bonds is 6. The van der Waals surface area contributed by atoms with Crippen LogP contribution in [0.25, 0.3) is 0 Å². The quantitative estimate of drug-likeness (QED) is 0.565. The van der Waals surface area contributed by atoms with Gasteiger partial charge in [-0.2, -0.15) is 0 Å². The highest BCUT2D eigenvalue weighted by Crippen LogP contribution is 2.42. The molecule has 0 aromatic heterocycles. The van der Waals surface area contributed by atoms with E-state index in [1.165, 1.54) is 0 Å². The van der Waals surface area contributed by atoms with E-state index in [1.807, 2.05) is 91.5 Å². The number of thioether (sulfide) groups is 1. The number of hydrogen-bond donors (Lipinski definition) is 1. The van der Waals surface area contributed by atoms with Crippen LogP contribution in [0.1, 0.15) is 33.8 Å². The minimum atomic E-state index is -0.152. The molecule has 4 rings (SSSR count). The predicted octanol–water partition coefficient (Wildman–Crippen LogP) is 5.42. The van der Waals surface area contributed by atoms with E-state index >= 15 is 0 Å². The molecule has 1 fully saturated rings. The van der Waals surface area contributed by atoms with Crippen molar-refractivity contribution in [3.63, 3.8) is 0 Å². The van der Waals surface area contributed by atoms with Crippen LogP contribution in [0.4, 0.5) is 11.4 Å². The molecule has 0 aliphatic carbocycles. The predicted molar refractivity (Wildman–Crippen MR) is 126 cm³/mol. The molecular weight excluding hydrogens is 408 g/mol. The summed E-state index contributed by atoms with van der Waals surface area (Å²) in [4.78, 5) is 27.2. The number of nitrogens with one attached hydrogen (secondary N) is 1. The van der Waals surface area contributed by atoms with E-state index in [9.17, 15) is 9.59 Å². The Morgan fingerprint density at radius 2 is 1.87 bits per heavy atom. The van der Waals surface area contributed by atoms with Crippen molar-refractivity contribution >= 4 is 35.0 Å².